The molecular weight excluding hydrogens is 292 g/mol. The standard InChI is InChI=1S/C15H21ClN2O3/c1-8-10-7-18(14(20)21-15(3,4)5)9(2)12(10)17(6)13(19)11(8)16/h9H,7H2,1-6H3. The number of pyridine rings is 1. The molecule has 21 heavy (non-hydrogen) atoms. The smallest absolute Gasteiger partial charge is 0.411 e. The summed E-state index contributed by atoms with van der Waals surface area (Å²) < 4.78 is 6.96. The fourth-order valence-electron chi connectivity index (χ4n) is 2.67. The van der Waals surface area contributed by atoms with Crippen LogP contribution in [0.25, 0.3) is 0 Å². The third kappa shape index (κ3) is 2.67. The molecule has 0 bridgehead atoms. The van der Waals surface area contributed by atoms with Gasteiger partial charge >= 0.3 is 6.09 Å². The van der Waals surface area contributed by atoms with Crippen molar-refractivity contribution >= 4 is 17.7 Å². The molecule has 2 rings (SSSR count). The maximum atomic E-state index is 12.3. The van der Waals surface area contributed by atoms with Crippen LogP contribution in [0.5, 0.6) is 0 Å². The lowest BCUT2D eigenvalue weighted by atomic mass is 10.1. The first-order chi connectivity index (χ1) is 9.54. The van der Waals surface area contributed by atoms with Crippen LogP contribution in [0.4, 0.5) is 4.79 Å². The molecule has 1 aliphatic rings. The summed E-state index contributed by atoms with van der Waals surface area (Å²) in [5, 5.41) is 0.217. The molecular formula is C15H21ClN2O3. The molecule has 0 N–H and O–H groups in total. The Bertz CT molecular complexity index is 658. The number of fused-ring (bicyclic) bond motifs is 1. The quantitative estimate of drug-likeness (QED) is 0.739. The lowest BCUT2D eigenvalue weighted by Gasteiger charge is -2.27. The third-order valence-corrected chi connectivity index (χ3v) is 4.21. The van der Waals surface area contributed by atoms with Crippen molar-refractivity contribution in [2.24, 2.45) is 7.05 Å². The maximum Gasteiger partial charge on any atom is 0.411 e. The molecule has 5 nitrogen and oxygen atoms in total. The number of amides is 1. The molecule has 0 aromatic carbocycles. The molecule has 0 aliphatic carbocycles. The Morgan fingerprint density at radius 2 is 1.95 bits per heavy atom. The number of carbonyl (C=O) groups is 1. The average molecular weight is 313 g/mol. The van der Waals surface area contributed by atoms with Crippen molar-refractivity contribution in [3.8, 4) is 0 Å². The fraction of sp³-hybridized carbons (Fsp3) is 0.600. The molecule has 1 aromatic heterocycles. The SMILES string of the molecule is Cc1c2c(n(C)c(=O)c1Cl)C(C)N(C(=O)OC(C)(C)C)C2. The van der Waals surface area contributed by atoms with Gasteiger partial charge in [-0.3, -0.25) is 9.69 Å². The number of hydrogen-bond donors (Lipinski definition) is 0. The van der Waals surface area contributed by atoms with Gasteiger partial charge in [0.15, 0.2) is 0 Å². The number of carbonyl (C=O) groups excluding carboxylic acids is 1. The van der Waals surface area contributed by atoms with Gasteiger partial charge in [0.1, 0.15) is 10.6 Å². The minimum atomic E-state index is -0.551. The molecule has 6 heteroatoms. The van der Waals surface area contributed by atoms with Gasteiger partial charge in [0.25, 0.3) is 5.56 Å². The van der Waals surface area contributed by atoms with Gasteiger partial charge in [0.05, 0.1) is 12.6 Å². The summed E-state index contributed by atoms with van der Waals surface area (Å²) in [6.45, 7) is 9.60. The predicted molar refractivity (Wildman–Crippen MR) is 81.6 cm³/mol. The first kappa shape index (κ1) is 15.9. The normalized spacial score (nSPS) is 17.9. The van der Waals surface area contributed by atoms with E-state index in [1.807, 2.05) is 34.6 Å². The highest BCUT2D eigenvalue weighted by Crippen LogP contribution is 2.36. The second-order valence-electron chi connectivity index (χ2n) is 6.45. The van der Waals surface area contributed by atoms with Crippen LogP contribution in [0.1, 0.15) is 50.6 Å². The van der Waals surface area contributed by atoms with Crippen molar-refractivity contribution in [1.82, 2.24) is 9.47 Å². The molecule has 1 amide bonds. The minimum Gasteiger partial charge on any atom is -0.444 e. The van der Waals surface area contributed by atoms with Gasteiger partial charge in [-0.05, 0) is 45.7 Å². The van der Waals surface area contributed by atoms with Gasteiger partial charge in [-0.1, -0.05) is 11.6 Å². The van der Waals surface area contributed by atoms with Crippen LogP contribution in [0, 0.1) is 6.92 Å². The summed E-state index contributed by atoms with van der Waals surface area (Å²) in [4.78, 5) is 26.0. The molecule has 116 valence electrons. The van der Waals surface area contributed by atoms with Crippen LogP contribution in [-0.2, 0) is 18.3 Å². The van der Waals surface area contributed by atoms with Crippen LogP contribution < -0.4 is 5.56 Å². The van der Waals surface area contributed by atoms with Crippen molar-refractivity contribution in [3.05, 3.63) is 32.2 Å². The van der Waals surface area contributed by atoms with E-state index in [0.717, 1.165) is 16.8 Å². The number of halogens is 1. The highest BCUT2D eigenvalue weighted by atomic mass is 35.5. The second kappa shape index (κ2) is 5.05. The summed E-state index contributed by atoms with van der Waals surface area (Å²) in [5.74, 6) is 0. The Labute approximate surface area is 129 Å². The Balaban J connectivity index is 2.44. The molecule has 0 saturated heterocycles. The van der Waals surface area contributed by atoms with Gasteiger partial charge in [0.2, 0.25) is 0 Å². The van der Waals surface area contributed by atoms with Gasteiger partial charge < -0.3 is 9.30 Å². The molecule has 0 spiro atoms. The van der Waals surface area contributed by atoms with Crippen molar-refractivity contribution in [2.45, 2.75) is 52.8 Å². The number of hydrogen-bond acceptors (Lipinski definition) is 3. The molecule has 0 radical (unpaired) electrons. The fourth-order valence-corrected chi connectivity index (χ4v) is 2.91. The maximum absolute atomic E-state index is 12.3. The van der Waals surface area contributed by atoms with E-state index < -0.39 is 5.60 Å². The largest absolute Gasteiger partial charge is 0.444 e. The van der Waals surface area contributed by atoms with E-state index in [1.54, 1.807) is 11.9 Å². The average Bonchev–Trinajstić information content (AvgIpc) is 2.70. The van der Waals surface area contributed by atoms with Crippen molar-refractivity contribution in [1.29, 1.82) is 0 Å². The van der Waals surface area contributed by atoms with E-state index in [-0.39, 0.29) is 22.7 Å². The highest BCUT2D eigenvalue weighted by Gasteiger charge is 2.37. The van der Waals surface area contributed by atoms with E-state index in [9.17, 15) is 9.59 Å². The van der Waals surface area contributed by atoms with Crippen LogP contribution in [-0.4, -0.2) is 21.2 Å². The first-order valence-corrected chi connectivity index (χ1v) is 7.30. The summed E-state index contributed by atoms with van der Waals surface area (Å²) in [5.41, 5.74) is 1.72. The number of nitrogens with zero attached hydrogens (tertiary/aromatic N) is 2. The molecule has 1 atom stereocenters. The van der Waals surface area contributed by atoms with E-state index in [2.05, 4.69) is 0 Å². The Morgan fingerprint density at radius 3 is 2.48 bits per heavy atom. The van der Waals surface area contributed by atoms with Crippen molar-refractivity contribution in [3.63, 3.8) is 0 Å². The van der Waals surface area contributed by atoms with E-state index >= 15 is 0 Å². The molecule has 1 aromatic rings. The van der Waals surface area contributed by atoms with E-state index in [1.165, 1.54) is 4.57 Å². The topological polar surface area (TPSA) is 51.5 Å². The van der Waals surface area contributed by atoms with Crippen LogP contribution in [0.3, 0.4) is 0 Å². The van der Waals surface area contributed by atoms with Gasteiger partial charge in [-0.25, -0.2) is 4.79 Å². The molecule has 1 unspecified atom stereocenters. The first-order valence-electron chi connectivity index (χ1n) is 6.92. The zero-order valence-corrected chi connectivity index (χ0v) is 14.0. The summed E-state index contributed by atoms with van der Waals surface area (Å²) >= 11 is 6.08. The van der Waals surface area contributed by atoms with Gasteiger partial charge in [-0.15, -0.1) is 0 Å². The number of rotatable bonds is 0. The van der Waals surface area contributed by atoms with Crippen molar-refractivity contribution < 1.29 is 9.53 Å². The summed E-state index contributed by atoms with van der Waals surface area (Å²) in [6.07, 6.45) is -0.380. The Hall–Kier alpha value is -1.49. The van der Waals surface area contributed by atoms with Crippen LogP contribution >= 0.6 is 11.6 Å². The lowest BCUT2D eigenvalue weighted by molar-refractivity contribution is 0.0184. The zero-order valence-electron chi connectivity index (χ0n) is 13.3. The minimum absolute atomic E-state index is 0.217. The van der Waals surface area contributed by atoms with Crippen LogP contribution in [0.15, 0.2) is 4.79 Å². The van der Waals surface area contributed by atoms with Crippen molar-refractivity contribution in [2.75, 3.05) is 0 Å². The lowest BCUT2D eigenvalue weighted by Crippen LogP contribution is -2.35. The monoisotopic (exact) mass is 312 g/mol. The number of aromatic nitrogens is 1. The van der Waals surface area contributed by atoms with E-state index in [0.29, 0.717) is 6.54 Å². The molecule has 0 saturated carbocycles. The van der Waals surface area contributed by atoms with E-state index in [4.69, 9.17) is 16.3 Å². The Morgan fingerprint density at radius 1 is 1.38 bits per heavy atom. The zero-order chi connectivity index (χ0) is 16.1. The number of ether oxygens (including phenoxy) is 1. The summed E-state index contributed by atoms with van der Waals surface area (Å²) in [7, 11) is 1.68. The van der Waals surface area contributed by atoms with Crippen LogP contribution in [0.2, 0.25) is 5.02 Å². The Kier molecular flexibility index (Phi) is 3.82. The molecule has 0 fully saturated rings. The highest BCUT2D eigenvalue weighted by molar-refractivity contribution is 6.31. The predicted octanol–water partition coefficient (Wildman–Crippen LogP) is 3.16. The molecule has 2 heterocycles. The van der Waals surface area contributed by atoms with Gasteiger partial charge in [-0.2, -0.15) is 0 Å². The molecule has 1 aliphatic heterocycles. The second-order valence-corrected chi connectivity index (χ2v) is 6.83. The third-order valence-electron chi connectivity index (χ3n) is 3.76. The van der Waals surface area contributed by atoms with Gasteiger partial charge in [0, 0.05) is 12.7 Å². The summed E-state index contributed by atoms with van der Waals surface area (Å²) in [6, 6.07) is -0.219.